The highest BCUT2D eigenvalue weighted by Crippen LogP contribution is 2.31. The third kappa shape index (κ3) is 4.47. The lowest BCUT2D eigenvalue weighted by atomic mass is 9.81. The molecule has 27 heavy (non-hydrogen) atoms. The van der Waals surface area contributed by atoms with Crippen LogP contribution in [-0.4, -0.2) is 54.1 Å². The molecule has 1 saturated heterocycles. The van der Waals surface area contributed by atoms with Gasteiger partial charge in [-0.2, -0.15) is 0 Å². The molecule has 1 aromatic carbocycles. The predicted molar refractivity (Wildman–Crippen MR) is 99.6 cm³/mol. The van der Waals surface area contributed by atoms with Crippen molar-refractivity contribution in [2.75, 3.05) is 31.6 Å². The molecule has 2 N–H and O–H groups in total. The summed E-state index contributed by atoms with van der Waals surface area (Å²) < 4.78 is 5.29. The summed E-state index contributed by atoms with van der Waals surface area (Å²) in [6.45, 7) is 4.02. The molecule has 7 nitrogen and oxygen atoms in total. The fourth-order valence-corrected chi connectivity index (χ4v) is 3.83. The molecule has 1 aliphatic carbocycles. The number of rotatable bonds is 4. The molecule has 146 valence electrons. The number of nitrogens with zero attached hydrogens (tertiary/aromatic N) is 1. The Morgan fingerprint density at radius 2 is 1.85 bits per heavy atom. The summed E-state index contributed by atoms with van der Waals surface area (Å²) in [5.74, 6) is -1.82. The zero-order valence-corrected chi connectivity index (χ0v) is 15.6. The van der Waals surface area contributed by atoms with Crippen LogP contribution in [-0.2, 0) is 14.3 Å². The number of aliphatic carboxylic acids is 1. The second-order valence-corrected chi connectivity index (χ2v) is 7.27. The van der Waals surface area contributed by atoms with Gasteiger partial charge in [0.25, 0.3) is 5.91 Å². The Morgan fingerprint density at radius 1 is 1.15 bits per heavy atom. The molecule has 2 fully saturated rings. The van der Waals surface area contributed by atoms with Crippen molar-refractivity contribution in [2.24, 2.45) is 11.8 Å². The van der Waals surface area contributed by atoms with Crippen LogP contribution in [0.4, 0.5) is 5.69 Å². The van der Waals surface area contributed by atoms with Crippen LogP contribution in [0.3, 0.4) is 0 Å². The van der Waals surface area contributed by atoms with Gasteiger partial charge in [0.05, 0.1) is 19.1 Å². The molecule has 0 bridgehead atoms. The molecule has 1 heterocycles. The number of carboxylic acid groups (broad SMARTS) is 1. The summed E-state index contributed by atoms with van der Waals surface area (Å²) in [6.07, 6.45) is 2.43. The normalized spacial score (nSPS) is 22.9. The van der Waals surface area contributed by atoms with E-state index in [0.29, 0.717) is 56.8 Å². The van der Waals surface area contributed by atoms with Crippen LogP contribution in [0.1, 0.15) is 41.6 Å². The number of nitrogens with one attached hydrogen (secondary N) is 1. The van der Waals surface area contributed by atoms with Crippen molar-refractivity contribution in [3.8, 4) is 0 Å². The number of carboxylic acids is 1. The minimum absolute atomic E-state index is 0.0597. The van der Waals surface area contributed by atoms with E-state index in [-0.39, 0.29) is 17.7 Å². The predicted octanol–water partition coefficient (Wildman–Crippen LogP) is 2.30. The standard InChI is InChI=1S/C20H26N2O5/c1-13-16(19(24)22-8-10-27-11-9-22)6-3-7-17(13)21-18(23)14-4-2-5-15(12-14)20(25)26/h3,6-7,14-15H,2,4-5,8-12H2,1H3,(H,21,23)(H,25,26). The van der Waals surface area contributed by atoms with Crippen molar-refractivity contribution >= 4 is 23.5 Å². The van der Waals surface area contributed by atoms with Crippen LogP contribution >= 0.6 is 0 Å². The first kappa shape index (κ1) is 19.4. The summed E-state index contributed by atoms with van der Waals surface area (Å²) in [6, 6.07) is 5.31. The molecular weight excluding hydrogens is 348 g/mol. The number of anilines is 1. The first-order chi connectivity index (χ1) is 13.0. The largest absolute Gasteiger partial charge is 0.481 e. The first-order valence-corrected chi connectivity index (χ1v) is 9.47. The van der Waals surface area contributed by atoms with E-state index in [9.17, 15) is 19.5 Å². The van der Waals surface area contributed by atoms with Gasteiger partial charge in [0, 0.05) is 30.3 Å². The maximum Gasteiger partial charge on any atom is 0.306 e. The van der Waals surface area contributed by atoms with Crippen molar-refractivity contribution < 1.29 is 24.2 Å². The van der Waals surface area contributed by atoms with Crippen LogP contribution in [0, 0.1) is 18.8 Å². The van der Waals surface area contributed by atoms with E-state index in [1.165, 1.54) is 0 Å². The highest BCUT2D eigenvalue weighted by molar-refractivity contribution is 6.00. The average molecular weight is 374 g/mol. The summed E-state index contributed by atoms with van der Waals surface area (Å²) in [5.41, 5.74) is 1.91. The maximum absolute atomic E-state index is 12.8. The molecule has 2 amide bonds. The monoisotopic (exact) mass is 374 g/mol. The number of carbonyl (C=O) groups is 3. The first-order valence-electron chi connectivity index (χ1n) is 9.47. The molecule has 2 aliphatic rings. The summed E-state index contributed by atoms with van der Waals surface area (Å²) in [5, 5.41) is 12.1. The van der Waals surface area contributed by atoms with Crippen LogP contribution in [0.25, 0.3) is 0 Å². The summed E-state index contributed by atoms with van der Waals surface area (Å²) in [4.78, 5) is 38.4. The average Bonchev–Trinajstić information content (AvgIpc) is 2.69. The smallest absolute Gasteiger partial charge is 0.306 e. The third-order valence-corrected chi connectivity index (χ3v) is 5.51. The zero-order valence-electron chi connectivity index (χ0n) is 15.6. The minimum Gasteiger partial charge on any atom is -0.481 e. The highest BCUT2D eigenvalue weighted by Gasteiger charge is 2.31. The molecule has 3 rings (SSSR count). The van der Waals surface area contributed by atoms with E-state index >= 15 is 0 Å². The van der Waals surface area contributed by atoms with Crippen molar-refractivity contribution in [3.05, 3.63) is 29.3 Å². The van der Waals surface area contributed by atoms with E-state index < -0.39 is 11.9 Å². The quantitative estimate of drug-likeness (QED) is 0.843. The van der Waals surface area contributed by atoms with Gasteiger partial charge >= 0.3 is 5.97 Å². The lowest BCUT2D eigenvalue weighted by Crippen LogP contribution is -2.41. The number of carbonyl (C=O) groups excluding carboxylic acids is 2. The number of benzene rings is 1. The number of hydrogen-bond donors (Lipinski definition) is 2. The molecule has 1 saturated carbocycles. The number of ether oxygens (including phenoxy) is 1. The minimum atomic E-state index is -0.832. The summed E-state index contributed by atoms with van der Waals surface area (Å²) >= 11 is 0. The van der Waals surface area contributed by atoms with Gasteiger partial charge in [-0.05, 0) is 43.9 Å². The van der Waals surface area contributed by atoms with Gasteiger partial charge in [0.1, 0.15) is 0 Å². The van der Waals surface area contributed by atoms with Gasteiger partial charge in [-0.25, -0.2) is 0 Å². The van der Waals surface area contributed by atoms with Gasteiger partial charge in [0.15, 0.2) is 0 Å². The van der Waals surface area contributed by atoms with Crippen molar-refractivity contribution in [3.63, 3.8) is 0 Å². The fourth-order valence-electron chi connectivity index (χ4n) is 3.83. The lowest BCUT2D eigenvalue weighted by Gasteiger charge is -2.28. The van der Waals surface area contributed by atoms with Gasteiger partial charge in [-0.15, -0.1) is 0 Å². The Bertz CT molecular complexity index is 727. The molecule has 0 spiro atoms. The highest BCUT2D eigenvalue weighted by atomic mass is 16.5. The maximum atomic E-state index is 12.8. The fraction of sp³-hybridized carbons (Fsp3) is 0.550. The Labute approximate surface area is 158 Å². The molecule has 1 aliphatic heterocycles. The molecule has 1 aromatic rings. The van der Waals surface area contributed by atoms with Gasteiger partial charge in [-0.3, -0.25) is 14.4 Å². The SMILES string of the molecule is Cc1c(NC(=O)C2CCCC(C(=O)O)C2)cccc1C(=O)N1CCOCC1. The van der Waals surface area contributed by atoms with E-state index in [4.69, 9.17) is 4.74 Å². The van der Waals surface area contributed by atoms with E-state index in [1.807, 2.05) is 6.92 Å². The molecular formula is C20H26N2O5. The second-order valence-electron chi connectivity index (χ2n) is 7.27. The van der Waals surface area contributed by atoms with Gasteiger partial charge in [0.2, 0.25) is 5.91 Å². The van der Waals surface area contributed by atoms with Crippen molar-refractivity contribution in [1.82, 2.24) is 4.90 Å². The van der Waals surface area contributed by atoms with Gasteiger partial charge in [-0.1, -0.05) is 12.5 Å². The van der Waals surface area contributed by atoms with E-state index in [0.717, 1.165) is 12.0 Å². The third-order valence-electron chi connectivity index (χ3n) is 5.51. The Kier molecular flexibility index (Phi) is 6.11. The van der Waals surface area contributed by atoms with Gasteiger partial charge < -0.3 is 20.1 Å². The zero-order chi connectivity index (χ0) is 19.4. The van der Waals surface area contributed by atoms with Crippen LogP contribution in [0.15, 0.2) is 18.2 Å². The molecule has 2 atom stereocenters. The molecule has 0 radical (unpaired) electrons. The summed E-state index contributed by atoms with van der Waals surface area (Å²) in [7, 11) is 0. The molecule has 2 unspecified atom stereocenters. The molecule has 7 heteroatoms. The van der Waals surface area contributed by atoms with Crippen molar-refractivity contribution in [1.29, 1.82) is 0 Å². The van der Waals surface area contributed by atoms with E-state index in [2.05, 4.69) is 5.32 Å². The number of morpholine rings is 1. The van der Waals surface area contributed by atoms with Crippen LogP contribution in [0.5, 0.6) is 0 Å². The second kappa shape index (κ2) is 8.52. The topological polar surface area (TPSA) is 95.9 Å². The van der Waals surface area contributed by atoms with E-state index in [1.54, 1.807) is 23.1 Å². The van der Waals surface area contributed by atoms with Crippen LogP contribution in [0.2, 0.25) is 0 Å². The molecule has 0 aromatic heterocycles. The number of hydrogen-bond acceptors (Lipinski definition) is 4. The number of amides is 2. The van der Waals surface area contributed by atoms with Crippen molar-refractivity contribution in [2.45, 2.75) is 32.6 Å². The Hall–Kier alpha value is -2.41. The Morgan fingerprint density at radius 3 is 2.56 bits per heavy atom. The van der Waals surface area contributed by atoms with Crippen LogP contribution < -0.4 is 5.32 Å². The lowest BCUT2D eigenvalue weighted by molar-refractivity contribution is -0.143. The Balaban J connectivity index is 1.71.